The van der Waals surface area contributed by atoms with Gasteiger partial charge in [0, 0.05) is 12.1 Å². The minimum atomic E-state index is -5.06. The van der Waals surface area contributed by atoms with E-state index in [1.54, 1.807) is 0 Å². The number of hydrogen-bond acceptors (Lipinski definition) is 2. The van der Waals surface area contributed by atoms with Crippen LogP contribution in [0.25, 0.3) is 0 Å². The largest absolute Gasteiger partial charge is 0.417 e. The number of alkyl halides is 5. The number of nitrogens with one attached hydrogen (secondary N) is 1. The molecule has 18 heavy (non-hydrogen) atoms. The summed E-state index contributed by atoms with van der Waals surface area (Å²) in [6.45, 7) is -0.346. The van der Waals surface area contributed by atoms with E-state index in [1.807, 2.05) is 5.32 Å². The number of hydrogen-bond donors (Lipinski definition) is 2. The summed E-state index contributed by atoms with van der Waals surface area (Å²) >= 11 is 0. The summed E-state index contributed by atoms with van der Waals surface area (Å²) < 4.78 is 64.1. The Bertz CT molecular complexity index is 459. The van der Waals surface area contributed by atoms with Gasteiger partial charge in [0.25, 0.3) is 6.43 Å². The van der Waals surface area contributed by atoms with Gasteiger partial charge in [0.15, 0.2) is 5.54 Å². The predicted molar refractivity (Wildman–Crippen MR) is 54.5 cm³/mol. The molecule has 1 aliphatic heterocycles. The topological polar surface area (TPSA) is 32.3 Å². The van der Waals surface area contributed by atoms with Gasteiger partial charge < -0.3 is 10.4 Å². The first-order valence-electron chi connectivity index (χ1n) is 5.16. The molecule has 0 saturated carbocycles. The summed E-state index contributed by atoms with van der Waals surface area (Å²) in [6, 6.07) is 3.97. The van der Waals surface area contributed by atoms with Crippen LogP contribution in [0.2, 0.25) is 0 Å². The highest BCUT2D eigenvalue weighted by atomic mass is 19.4. The maximum absolute atomic E-state index is 12.8. The molecule has 1 unspecified atom stereocenters. The average Bonchev–Trinajstić information content (AvgIpc) is 2.67. The Balaban J connectivity index is 2.42. The second-order valence-corrected chi connectivity index (χ2v) is 4.22. The molecular formula is C11H10F5NO. The van der Waals surface area contributed by atoms with Gasteiger partial charge in [-0.15, -0.1) is 0 Å². The number of aliphatic hydroxyl groups excluding tert-OH is 1. The molecule has 100 valence electrons. The second-order valence-electron chi connectivity index (χ2n) is 4.22. The minimum absolute atomic E-state index is 0.0322. The monoisotopic (exact) mass is 267 g/mol. The van der Waals surface area contributed by atoms with Crippen molar-refractivity contribution >= 4 is 5.69 Å². The number of rotatable bonds is 2. The Morgan fingerprint density at radius 3 is 2.50 bits per heavy atom. The van der Waals surface area contributed by atoms with Crippen molar-refractivity contribution in [3.63, 3.8) is 0 Å². The molecule has 2 N–H and O–H groups in total. The Morgan fingerprint density at radius 2 is 2.00 bits per heavy atom. The summed E-state index contributed by atoms with van der Waals surface area (Å²) in [5, 5.41) is 10.8. The van der Waals surface area contributed by atoms with Crippen LogP contribution in [0.3, 0.4) is 0 Å². The van der Waals surface area contributed by atoms with E-state index in [-0.39, 0.29) is 17.9 Å². The van der Waals surface area contributed by atoms with Crippen LogP contribution in [0.15, 0.2) is 18.2 Å². The van der Waals surface area contributed by atoms with Crippen LogP contribution < -0.4 is 5.32 Å². The molecular weight excluding hydrogens is 257 g/mol. The molecule has 0 bridgehead atoms. The van der Waals surface area contributed by atoms with Crippen LogP contribution in [0.5, 0.6) is 0 Å². The van der Waals surface area contributed by atoms with Crippen LogP contribution in [-0.4, -0.2) is 23.2 Å². The first-order chi connectivity index (χ1) is 8.30. The summed E-state index contributed by atoms with van der Waals surface area (Å²) in [5.41, 5.74) is -2.67. The Morgan fingerprint density at radius 1 is 1.33 bits per heavy atom. The number of halogens is 5. The second kappa shape index (κ2) is 4.08. The molecule has 0 aliphatic carbocycles. The molecule has 7 heteroatoms. The fraction of sp³-hybridized carbons (Fsp3) is 0.455. The third-order valence-corrected chi connectivity index (χ3v) is 3.06. The fourth-order valence-electron chi connectivity index (χ4n) is 2.03. The lowest BCUT2D eigenvalue weighted by Crippen LogP contribution is -2.56. The fourth-order valence-corrected chi connectivity index (χ4v) is 2.03. The van der Waals surface area contributed by atoms with Crippen molar-refractivity contribution in [3.05, 3.63) is 29.3 Å². The van der Waals surface area contributed by atoms with Crippen molar-refractivity contribution in [2.75, 3.05) is 5.32 Å². The molecule has 1 aromatic rings. The lowest BCUT2D eigenvalue weighted by molar-refractivity contribution is -0.209. The smallest absolute Gasteiger partial charge is 0.392 e. The highest BCUT2D eigenvalue weighted by Gasteiger charge is 2.63. The maximum atomic E-state index is 12.8. The van der Waals surface area contributed by atoms with Gasteiger partial charge in [-0.2, -0.15) is 13.2 Å². The number of anilines is 1. The molecule has 1 aliphatic rings. The van der Waals surface area contributed by atoms with Crippen molar-refractivity contribution in [1.29, 1.82) is 0 Å². The molecule has 0 fully saturated rings. The van der Waals surface area contributed by atoms with Crippen molar-refractivity contribution in [2.24, 2.45) is 0 Å². The van der Waals surface area contributed by atoms with E-state index in [0.717, 1.165) is 0 Å². The van der Waals surface area contributed by atoms with Crippen LogP contribution >= 0.6 is 0 Å². The number of fused-ring (bicyclic) bond motifs is 1. The van der Waals surface area contributed by atoms with Gasteiger partial charge in [-0.05, 0) is 17.2 Å². The SMILES string of the molecule is OCc1ccc2c(c1)CC(C(F)F)(C(F)(F)F)N2. The molecule has 0 spiro atoms. The van der Waals surface area contributed by atoms with E-state index in [4.69, 9.17) is 5.11 Å². The van der Waals surface area contributed by atoms with Crippen LogP contribution in [-0.2, 0) is 13.0 Å². The maximum Gasteiger partial charge on any atom is 0.417 e. The molecule has 0 saturated heterocycles. The Hall–Kier alpha value is -1.37. The van der Waals surface area contributed by atoms with E-state index in [9.17, 15) is 22.0 Å². The molecule has 0 amide bonds. The van der Waals surface area contributed by atoms with E-state index in [0.29, 0.717) is 5.56 Å². The van der Waals surface area contributed by atoms with Gasteiger partial charge in [-0.25, -0.2) is 8.78 Å². The van der Waals surface area contributed by atoms with Gasteiger partial charge in [0.1, 0.15) is 0 Å². The summed E-state index contributed by atoms with van der Waals surface area (Å²) in [4.78, 5) is 0. The quantitative estimate of drug-likeness (QED) is 0.807. The minimum Gasteiger partial charge on any atom is -0.392 e. The molecule has 2 rings (SSSR count). The highest BCUT2D eigenvalue weighted by molar-refractivity contribution is 5.61. The number of aliphatic hydroxyl groups is 1. The number of benzene rings is 1. The zero-order chi connectivity index (χ0) is 13.6. The molecule has 0 radical (unpaired) electrons. The zero-order valence-electron chi connectivity index (χ0n) is 9.06. The lowest BCUT2D eigenvalue weighted by atomic mass is 9.94. The third-order valence-electron chi connectivity index (χ3n) is 3.06. The van der Waals surface area contributed by atoms with E-state index in [2.05, 4.69) is 0 Å². The standard InChI is InChI=1S/C11H10F5NO/c12-9(13)10(11(14,15)16)4-7-3-6(5-18)1-2-8(7)17-10/h1-3,9,17-18H,4-5H2. The van der Waals surface area contributed by atoms with Crippen molar-refractivity contribution in [2.45, 2.75) is 31.2 Å². The molecule has 2 nitrogen and oxygen atoms in total. The van der Waals surface area contributed by atoms with E-state index in [1.165, 1.54) is 18.2 Å². The van der Waals surface area contributed by atoms with Gasteiger partial charge in [0.05, 0.1) is 6.61 Å². The zero-order valence-corrected chi connectivity index (χ0v) is 9.06. The van der Waals surface area contributed by atoms with Crippen molar-refractivity contribution in [1.82, 2.24) is 0 Å². The molecule has 1 heterocycles. The molecule has 1 atom stereocenters. The first-order valence-corrected chi connectivity index (χ1v) is 5.16. The van der Waals surface area contributed by atoms with Crippen LogP contribution in [0.4, 0.5) is 27.6 Å². The lowest BCUT2D eigenvalue weighted by Gasteiger charge is -2.31. The molecule has 1 aromatic carbocycles. The van der Waals surface area contributed by atoms with Gasteiger partial charge in [0.2, 0.25) is 0 Å². The van der Waals surface area contributed by atoms with Gasteiger partial charge in [-0.3, -0.25) is 0 Å². The van der Waals surface area contributed by atoms with Crippen LogP contribution in [0.1, 0.15) is 11.1 Å². The van der Waals surface area contributed by atoms with E-state index >= 15 is 0 Å². The summed E-state index contributed by atoms with van der Waals surface area (Å²) in [5.74, 6) is 0. The molecule has 0 aromatic heterocycles. The Labute approximate surface area is 99.4 Å². The van der Waals surface area contributed by atoms with Gasteiger partial charge in [-0.1, -0.05) is 12.1 Å². The average molecular weight is 267 g/mol. The summed E-state index contributed by atoms with van der Waals surface area (Å²) in [7, 11) is 0. The predicted octanol–water partition coefficient (Wildman–Crippen LogP) is 2.71. The Kier molecular flexibility index (Phi) is 2.96. The summed E-state index contributed by atoms with van der Waals surface area (Å²) in [6.07, 6.45) is -9.46. The highest BCUT2D eigenvalue weighted by Crippen LogP contribution is 2.46. The van der Waals surface area contributed by atoms with Gasteiger partial charge >= 0.3 is 6.18 Å². The van der Waals surface area contributed by atoms with Crippen molar-refractivity contribution in [3.8, 4) is 0 Å². The van der Waals surface area contributed by atoms with E-state index < -0.39 is 24.6 Å². The first kappa shape index (κ1) is 13.1. The van der Waals surface area contributed by atoms with Crippen molar-refractivity contribution < 1.29 is 27.1 Å². The normalized spacial score (nSPS) is 23.1. The third kappa shape index (κ3) is 1.82. The van der Waals surface area contributed by atoms with Crippen LogP contribution in [0, 0.1) is 0 Å².